The van der Waals surface area contributed by atoms with Crippen LogP contribution in [0.5, 0.6) is 0 Å². The van der Waals surface area contributed by atoms with Crippen LogP contribution in [0.1, 0.15) is 25.7 Å². The maximum Gasteiger partial charge on any atom is 0.392 e. The van der Waals surface area contributed by atoms with Gasteiger partial charge >= 0.3 is 6.18 Å². The number of hydrogen-bond donors (Lipinski definition) is 1. The third-order valence-electron chi connectivity index (χ3n) is 3.57. The molecule has 1 rings (SSSR count). The van der Waals surface area contributed by atoms with Gasteiger partial charge in [0, 0.05) is 19.0 Å². The van der Waals surface area contributed by atoms with Crippen molar-refractivity contribution in [3.63, 3.8) is 0 Å². The molecule has 8 heteroatoms. The molecule has 3 nitrogen and oxygen atoms in total. The van der Waals surface area contributed by atoms with Crippen molar-refractivity contribution in [3.8, 4) is 0 Å². The number of rotatable bonds is 5. The number of halogens is 5. The molecule has 0 saturated heterocycles. The van der Waals surface area contributed by atoms with Crippen molar-refractivity contribution in [1.29, 1.82) is 0 Å². The van der Waals surface area contributed by atoms with Gasteiger partial charge in [-0.3, -0.25) is 4.79 Å². The van der Waals surface area contributed by atoms with E-state index in [1.165, 1.54) is 0 Å². The summed E-state index contributed by atoms with van der Waals surface area (Å²) in [6.07, 6.45) is -6.37. The van der Waals surface area contributed by atoms with Gasteiger partial charge < -0.3 is 10.6 Å². The van der Waals surface area contributed by atoms with Gasteiger partial charge in [0.1, 0.15) is 0 Å². The molecule has 1 amide bonds. The van der Waals surface area contributed by atoms with Crippen LogP contribution in [0.3, 0.4) is 0 Å². The Kier molecular flexibility index (Phi) is 6.16. The van der Waals surface area contributed by atoms with E-state index in [4.69, 9.17) is 5.73 Å². The zero-order chi connectivity index (χ0) is 15.3. The van der Waals surface area contributed by atoms with Crippen molar-refractivity contribution in [1.82, 2.24) is 4.90 Å². The molecule has 0 aromatic rings. The Morgan fingerprint density at radius 3 is 2.35 bits per heavy atom. The molecule has 0 heterocycles. The molecule has 1 saturated carbocycles. The van der Waals surface area contributed by atoms with E-state index in [2.05, 4.69) is 0 Å². The summed E-state index contributed by atoms with van der Waals surface area (Å²) in [6, 6.07) is 0. The van der Waals surface area contributed by atoms with Gasteiger partial charge in [0.25, 0.3) is 6.43 Å². The fourth-order valence-electron chi connectivity index (χ4n) is 2.67. The van der Waals surface area contributed by atoms with Crippen LogP contribution < -0.4 is 5.73 Å². The minimum Gasteiger partial charge on any atom is -0.335 e. The second-order valence-electron chi connectivity index (χ2n) is 5.00. The van der Waals surface area contributed by atoms with Gasteiger partial charge in [-0.25, -0.2) is 8.78 Å². The predicted molar refractivity (Wildman–Crippen MR) is 63.1 cm³/mol. The minimum atomic E-state index is -4.47. The van der Waals surface area contributed by atoms with Crippen LogP contribution in [0.15, 0.2) is 0 Å². The zero-order valence-electron chi connectivity index (χ0n) is 11.0. The zero-order valence-corrected chi connectivity index (χ0v) is 11.0. The van der Waals surface area contributed by atoms with Crippen molar-refractivity contribution >= 4 is 5.91 Å². The van der Waals surface area contributed by atoms with E-state index < -0.39 is 36.9 Å². The fourth-order valence-corrected chi connectivity index (χ4v) is 2.67. The van der Waals surface area contributed by atoms with Crippen molar-refractivity contribution in [2.75, 3.05) is 19.6 Å². The monoisotopic (exact) mass is 302 g/mol. The maximum absolute atomic E-state index is 12.9. The summed E-state index contributed by atoms with van der Waals surface area (Å²) in [5.41, 5.74) is 5.23. The average molecular weight is 302 g/mol. The van der Waals surface area contributed by atoms with Gasteiger partial charge in [-0.05, 0) is 12.8 Å². The van der Waals surface area contributed by atoms with E-state index in [-0.39, 0.29) is 25.9 Å². The van der Waals surface area contributed by atoms with Crippen LogP contribution in [-0.2, 0) is 4.79 Å². The topological polar surface area (TPSA) is 46.3 Å². The molecule has 0 aromatic carbocycles. The largest absolute Gasteiger partial charge is 0.392 e. The highest BCUT2D eigenvalue weighted by Crippen LogP contribution is 2.42. The minimum absolute atomic E-state index is 0.0537. The Labute approximate surface area is 114 Å². The predicted octanol–water partition coefficient (Wildman–Crippen LogP) is 2.41. The smallest absolute Gasteiger partial charge is 0.335 e. The number of nitrogens with two attached hydrogens (primary N) is 1. The number of alkyl halides is 5. The average Bonchev–Trinajstić information content (AvgIpc) is 2.36. The number of hydrogen-bond acceptors (Lipinski definition) is 2. The Morgan fingerprint density at radius 1 is 1.25 bits per heavy atom. The van der Waals surface area contributed by atoms with Crippen LogP contribution in [0.25, 0.3) is 0 Å². The molecular weight excluding hydrogens is 283 g/mol. The molecule has 1 fully saturated rings. The van der Waals surface area contributed by atoms with E-state index in [0.717, 1.165) is 4.90 Å². The third-order valence-corrected chi connectivity index (χ3v) is 3.57. The highest BCUT2D eigenvalue weighted by molar-refractivity contribution is 5.79. The SMILES string of the molecule is NCCN(CC(F)F)C(=O)C1CCCCC1C(F)(F)F. The number of carbonyl (C=O) groups excluding carboxylic acids is 1. The lowest BCUT2D eigenvalue weighted by molar-refractivity contribution is -0.201. The van der Waals surface area contributed by atoms with E-state index in [1.54, 1.807) is 0 Å². The van der Waals surface area contributed by atoms with Crippen molar-refractivity contribution in [3.05, 3.63) is 0 Å². The normalized spacial score (nSPS) is 23.9. The van der Waals surface area contributed by atoms with Crippen molar-refractivity contribution in [2.24, 2.45) is 17.6 Å². The Hall–Kier alpha value is -0.920. The third kappa shape index (κ3) is 4.57. The van der Waals surface area contributed by atoms with Gasteiger partial charge in [0.05, 0.1) is 12.5 Å². The summed E-state index contributed by atoms with van der Waals surface area (Å²) in [6.45, 7) is -1.07. The quantitative estimate of drug-likeness (QED) is 0.793. The van der Waals surface area contributed by atoms with E-state index in [1.807, 2.05) is 0 Å². The molecule has 1 aliphatic carbocycles. The highest BCUT2D eigenvalue weighted by atomic mass is 19.4. The Morgan fingerprint density at radius 2 is 1.85 bits per heavy atom. The highest BCUT2D eigenvalue weighted by Gasteiger charge is 2.48. The molecule has 2 N–H and O–H groups in total. The van der Waals surface area contributed by atoms with Crippen LogP contribution >= 0.6 is 0 Å². The summed E-state index contributed by atoms with van der Waals surface area (Å²) in [7, 11) is 0. The lowest BCUT2D eigenvalue weighted by Crippen LogP contribution is -2.47. The molecule has 0 aliphatic heterocycles. The number of amides is 1. The van der Waals surface area contributed by atoms with Gasteiger partial charge in [0.2, 0.25) is 5.91 Å². The Balaban J connectivity index is 2.83. The summed E-state index contributed by atoms with van der Waals surface area (Å²) in [5.74, 6) is -3.84. The first-order valence-electron chi connectivity index (χ1n) is 6.61. The second kappa shape index (κ2) is 7.19. The van der Waals surface area contributed by atoms with E-state index in [9.17, 15) is 26.7 Å². The Bertz CT molecular complexity index is 321. The first kappa shape index (κ1) is 17.1. The maximum atomic E-state index is 12.9. The molecule has 2 unspecified atom stereocenters. The van der Waals surface area contributed by atoms with E-state index >= 15 is 0 Å². The molecule has 1 aliphatic rings. The standard InChI is InChI=1S/C12H19F5N2O/c13-10(14)7-19(6-5-18)11(20)8-3-1-2-4-9(8)12(15,16)17/h8-10H,1-7,18H2. The number of carbonyl (C=O) groups is 1. The van der Waals surface area contributed by atoms with Gasteiger partial charge in [0.15, 0.2) is 0 Å². The summed E-state index contributed by atoms with van der Waals surface area (Å²) in [4.78, 5) is 12.9. The van der Waals surface area contributed by atoms with Crippen molar-refractivity contribution in [2.45, 2.75) is 38.3 Å². The van der Waals surface area contributed by atoms with Gasteiger partial charge in [-0.15, -0.1) is 0 Å². The van der Waals surface area contributed by atoms with Gasteiger partial charge in [-0.2, -0.15) is 13.2 Å². The molecule has 0 aromatic heterocycles. The first-order valence-corrected chi connectivity index (χ1v) is 6.61. The van der Waals surface area contributed by atoms with Crippen LogP contribution in [-0.4, -0.2) is 43.0 Å². The molecular formula is C12H19F5N2O. The second-order valence-corrected chi connectivity index (χ2v) is 5.00. The number of nitrogens with zero attached hydrogens (tertiary/aromatic N) is 1. The van der Waals surface area contributed by atoms with Crippen LogP contribution in [0.2, 0.25) is 0 Å². The summed E-state index contributed by atoms with van der Waals surface area (Å²) >= 11 is 0. The molecule has 0 spiro atoms. The molecule has 20 heavy (non-hydrogen) atoms. The molecule has 0 radical (unpaired) electrons. The van der Waals surface area contributed by atoms with Crippen LogP contribution in [0.4, 0.5) is 22.0 Å². The fraction of sp³-hybridized carbons (Fsp3) is 0.917. The first-order chi connectivity index (χ1) is 9.27. The lowest BCUT2D eigenvalue weighted by atomic mass is 9.78. The lowest BCUT2D eigenvalue weighted by Gasteiger charge is -2.35. The summed E-state index contributed by atoms with van der Waals surface area (Å²) in [5, 5.41) is 0. The van der Waals surface area contributed by atoms with E-state index in [0.29, 0.717) is 12.8 Å². The summed E-state index contributed by atoms with van der Waals surface area (Å²) < 4.78 is 63.6. The van der Waals surface area contributed by atoms with Crippen LogP contribution in [0, 0.1) is 11.8 Å². The molecule has 118 valence electrons. The molecule has 2 atom stereocenters. The van der Waals surface area contributed by atoms with Crippen molar-refractivity contribution < 1.29 is 26.7 Å². The van der Waals surface area contributed by atoms with Gasteiger partial charge in [-0.1, -0.05) is 12.8 Å². The molecule has 0 bridgehead atoms.